The number of amides is 2. The van der Waals surface area contributed by atoms with Gasteiger partial charge in [-0.3, -0.25) is 14.3 Å². The number of aromatic nitrogens is 2. The number of nitrogens with zero attached hydrogens (tertiary/aromatic N) is 2. The van der Waals surface area contributed by atoms with E-state index in [0.29, 0.717) is 5.69 Å². The molecule has 0 aliphatic heterocycles. The summed E-state index contributed by atoms with van der Waals surface area (Å²) in [7, 11) is 1.77. The van der Waals surface area contributed by atoms with Crippen molar-refractivity contribution in [1.82, 2.24) is 20.4 Å². The van der Waals surface area contributed by atoms with Crippen LogP contribution in [0, 0.1) is 18.7 Å². The van der Waals surface area contributed by atoms with E-state index >= 15 is 0 Å². The second-order valence-electron chi connectivity index (χ2n) is 9.20. The second kappa shape index (κ2) is 8.39. The minimum atomic E-state index is -0.587. The van der Waals surface area contributed by atoms with Gasteiger partial charge in [0.15, 0.2) is 6.61 Å². The van der Waals surface area contributed by atoms with Crippen molar-refractivity contribution >= 4 is 23.4 Å². The van der Waals surface area contributed by atoms with Gasteiger partial charge in [0.25, 0.3) is 11.8 Å². The van der Waals surface area contributed by atoms with Gasteiger partial charge in [-0.05, 0) is 63.1 Å². The Morgan fingerprint density at radius 2 is 1.97 bits per heavy atom. The van der Waals surface area contributed by atoms with Crippen molar-refractivity contribution in [3.63, 3.8) is 0 Å². The predicted octanol–water partition coefficient (Wildman–Crippen LogP) is 3.54. The molecule has 2 amide bonds. The molecule has 2 N–H and O–H groups in total. The maximum Gasteiger partial charge on any atom is 0.269 e. The number of aryl methyl sites for hydroxylation is 2. The van der Waals surface area contributed by atoms with E-state index in [1.807, 2.05) is 6.92 Å². The number of carbonyl (C=O) groups is 2. The number of ether oxygens (including phenoxy) is 1. The molecule has 3 fully saturated rings. The minimum Gasteiger partial charge on any atom is -0.484 e. The van der Waals surface area contributed by atoms with Crippen LogP contribution in [-0.2, 0) is 11.8 Å². The zero-order valence-electron chi connectivity index (χ0n) is 18.5. The standard InChI is InChI=1S/C23H28ClFN4O3/c1-14-12-22(27-21(31)19-10-15(2)28-29(19)3)6-8-23(14,9-7-22)26-20(30)13-32-16-4-5-17(24)18(25)11-16/h4-5,10-11,14H,6-9,12-13H2,1-3H3,(H,26,30)(H,27,31)/t14-,22?,23?/m0/s1. The fourth-order valence-corrected chi connectivity index (χ4v) is 5.35. The van der Waals surface area contributed by atoms with Crippen LogP contribution in [0.3, 0.4) is 0 Å². The predicted molar refractivity (Wildman–Crippen MR) is 118 cm³/mol. The fourth-order valence-electron chi connectivity index (χ4n) is 5.23. The number of halogens is 2. The van der Waals surface area contributed by atoms with Crippen molar-refractivity contribution in [3.05, 3.63) is 46.5 Å². The lowest BCUT2D eigenvalue weighted by Gasteiger charge is -2.57. The molecular weight excluding hydrogens is 435 g/mol. The van der Waals surface area contributed by atoms with E-state index in [4.69, 9.17) is 16.3 Å². The van der Waals surface area contributed by atoms with Crippen molar-refractivity contribution in [2.45, 2.75) is 57.0 Å². The lowest BCUT2D eigenvalue weighted by atomic mass is 9.56. The molecule has 0 unspecified atom stereocenters. The molecular formula is C23H28ClFN4O3. The summed E-state index contributed by atoms with van der Waals surface area (Å²) in [6.07, 6.45) is 3.94. The summed E-state index contributed by atoms with van der Waals surface area (Å²) in [4.78, 5) is 25.5. The van der Waals surface area contributed by atoms with Crippen LogP contribution >= 0.6 is 11.6 Å². The first-order valence-electron chi connectivity index (χ1n) is 10.8. The topological polar surface area (TPSA) is 85.3 Å². The van der Waals surface area contributed by atoms with Crippen molar-refractivity contribution in [2.24, 2.45) is 13.0 Å². The van der Waals surface area contributed by atoms with Crippen molar-refractivity contribution in [3.8, 4) is 5.75 Å². The lowest BCUT2D eigenvalue weighted by Crippen LogP contribution is -2.67. The average Bonchev–Trinajstić information content (AvgIpc) is 3.08. The molecule has 3 aliphatic carbocycles. The zero-order valence-corrected chi connectivity index (χ0v) is 19.3. The Kier molecular flexibility index (Phi) is 5.92. The SMILES string of the molecule is Cc1cc(C(=O)NC23CCC(NC(=O)COc4ccc(Cl)c(F)c4)(CC2)[C@@H](C)C3)n(C)n1. The molecule has 3 saturated carbocycles. The Morgan fingerprint density at radius 1 is 1.25 bits per heavy atom. The minimum absolute atomic E-state index is 0.00743. The summed E-state index contributed by atoms with van der Waals surface area (Å²) in [5, 5.41) is 10.7. The maximum absolute atomic E-state index is 13.6. The van der Waals surface area contributed by atoms with Gasteiger partial charge >= 0.3 is 0 Å². The van der Waals surface area contributed by atoms with E-state index in [1.54, 1.807) is 17.8 Å². The van der Waals surface area contributed by atoms with E-state index in [2.05, 4.69) is 22.7 Å². The second-order valence-corrected chi connectivity index (χ2v) is 9.61. The molecule has 0 saturated heterocycles. The van der Waals surface area contributed by atoms with Gasteiger partial charge in [0.1, 0.15) is 17.3 Å². The Balaban J connectivity index is 1.35. The molecule has 1 heterocycles. The van der Waals surface area contributed by atoms with Gasteiger partial charge in [-0.2, -0.15) is 5.10 Å². The van der Waals surface area contributed by atoms with Gasteiger partial charge in [0, 0.05) is 24.2 Å². The van der Waals surface area contributed by atoms with Gasteiger partial charge < -0.3 is 15.4 Å². The van der Waals surface area contributed by atoms with Crippen LogP contribution in [0.5, 0.6) is 5.75 Å². The van der Waals surface area contributed by atoms with Crippen LogP contribution in [0.2, 0.25) is 5.02 Å². The first-order valence-corrected chi connectivity index (χ1v) is 11.2. The van der Waals surface area contributed by atoms with Crippen LogP contribution in [0.4, 0.5) is 4.39 Å². The number of rotatable bonds is 6. The molecule has 9 heteroatoms. The van der Waals surface area contributed by atoms with Gasteiger partial charge in [0.2, 0.25) is 0 Å². The van der Waals surface area contributed by atoms with E-state index < -0.39 is 5.82 Å². The molecule has 5 rings (SSSR count). The summed E-state index contributed by atoms with van der Waals surface area (Å²) < 4.78 is 20.6. The van der Waals surface area contributed by atoms with Crippen LogP contribution in [0.25, 0.3) is 0 Å². The quantitative estimate of drug-likeness (QED) is 0.687. The van der Waals surface area contributed by atoms with Crippen molar-refractivity contribution in [1.29, 1.82) is 0 Å². The maximum atomic E-state index is 13.6. The molecule has 1 aromatic heterocycles. The molecule has 172 valence electrons. The van der Waals surface area contributed by atoms with Crippen LogP contribution in [0.15, 0.2) is 24.3 Å². The van der Waals surface area contributed by atoms with Gasteiger partial charge in [-0.1, -0.05) is 18.5 Å². The van der Waals surface area contributed by atoms with Crippen LogP contribution in [0.1, 0.15) is 55.2 Å². The molecule has 7 nitrogen and oxygen atoms in total. The molecule has 1 atom stereocenters. The number of fused-ring (bicyclic) bond motifs is 3. The van der Waals surface area contributed by atoms with E-state index in [1.165, 1.54) is 18.2 Å². The summed E-state index contributed by atoms with van der Waals surface area (Å²) in [5.41, 5.74) is 0.775. The first-order chi connectivity index (χ1) is 15.1. The number of hydrogen-bond acceptors (Lipinski definition) is 4. The van der Waals surface area contributed by atoms with Gasteiger partial charge in [-0.25, -0.2) is 4.39 Å². The van der Waals surface area contributed by atoms with E-state index in [0.717, 1.165) is 37.8 Å². The summed E-state index contributed by atoms with van der Waals surface area (Å²) in [6.45, 7) is 3.78. The highest BCUT2D eigenvalue weighted by molar-refractivity contribution is 6.30. The number of hydrogen-bond donors (Lipinski definition) is 2. The Hall–Kier alpha value is -2.61. The summed E-state index contributed by atoms with van der Waals surface area (Å²) >= 11 is 5.68. The highest BCUT2D eigenvalue weighted by atomic mass is 35.5. The normalized spacial score (nSPS) is 26.6. The molecule has 2 bridgehead atoms. The van der Waals surface area contributed by atoms with Gasteiger partial charge in [-0.15, -0.1) is 0 Å². The number of nitrogens with one attached hydrogen (secondary N) is 2. The highest BCUT2D eigenvalue weighted by Crippen LogP contribution is 2.50. The Bertz CT molecular complexity index is 1050. The Labute approximate surface area is 191 Å². The molecule has 32 heavy (non-hydrogen) atoms. The smallest absolute Gasteiger partial charge is 0.269 e. The van der Waals surface area contributed by atoms with Crippen LogP contribution in [-0.4, -0.2) is 39.3 Å². The van der Waals surface area contributed by atoms with Crippen LogP contribution < -0.4 is 15.4 Å². The van der Waals surface area contributed by atoms with Gasteiger partial charge in [0.05, 0.1) is 10.7 Å². The highest BCUT2D eigenvalue weighted by Gasteiger charge is 2.54. The molecule has 3 aliphatic rings. The Morgan fingerprint density at radius 3 is 2.56 bits per heavy atom. The summed E-state index contributed by atoms with van der Waals surface area (Å²) in [6, 6.07) is 5.88. The van der Waals surface area contributed by atoms with Crippen molar-refractivity contribution < 1.29 is 18.7 Å². The van der Waals surface area contributed by atoms with Crippen molar-refractivity contribution in [2.75, 3.05) is 6.61 Å². The zero-order chi connectivity index (χ0) is 23.1. The summed E-state index contributed by atoms with van der Waals surface area (Å²) in [5.74, 6) is -0.489. The number of benzene rings is 1. The third-order valence-corrected chi connectivity index (χ3v) is 7.31. The lowest BCUT2D eigenvalue weighted by molar-refractivity contribution is -0.128. The van der Waals surface area contributed by atoms with E-state index in [-0.39, 0.29) is 46.2 Å². The molecule has 2 aromatic rings. The number of carbonyl (C=O) groups excluding carboxylic acids is 2. The third-order valence-electron chi connectivity index (χ3n) is 7.00. The molecule has 0 spiro atoms. The average molecular weight is 463 g/mol. The molecule has 1 aromatic carbocycles. The monoisotopic (exact) mass is 462 g/mol. The largest absolute Gasteiger partial charge is 0.484 e. The van der Waals surface area contributed by atoms with E-state index in [9.17, 15) is 14.0 Å². The first kappa shape index (κ1) is 22.6. The molecule has 0 radical (unpaired) electrons. The fraction of sp³-hybridized carbons (Fsp3) is 0.522. The third kappa shape index (κ3) is 4.33.